The molecule has 3 rings (SSSR count). The van der Waals surface area contributed by atoms with Gasteiger partial charge in [-0.15, -0.1) is 0 Å². The number of fused-ring (bicyclic) bond motifs is 1. The Morgan fingerprint density at radius 2 is 2.00 bits per heavy atom. The van der Waals surface area contributed by atoms with Crippen LogP contribution in [0.5, 0.6) is 0 Å². The SMILES string of the molecule is CCOCc1ccccc1CNC(=O)c1n[nH]c2ccc(C)cc12. The molecule has 0 radical (unpaired) electrons. The average Bonchev–Trinajstić information content (AvgIpc) is 3.01. The molecule has 0 fully saturated rings. The number of aromatic amines is 1. The molecule has 0 aliphatic rings. The number of ether oxygens (including phenoxy) is 1. The number of H-pyrrole nitrogens is 1. The van der Waals surface area contributed by atoms with Crippen LogP contribution in [0.1, 0.15) is 34.1 Å². The molecule has 0 atom stereocenters. The van der Waals surface area contributed by atoms with E-state index in [1.165, 1.54) is 0 Å². The maximum Gasteiger partial charge on any atom is 0.272 e. The van der Waals surface area contributed by atoms with E-state index in [1.807, 2.05) is 56.3 Å². The molecule has 24 heavy (non-hydrogen) atoms. The summed E-state index contributed by atoms with van der Waals surface area (Å²) in [6, 6.07) is 13.9. The topological polar surface area (TPSA) is 67.0 Å². The zero-order chi connectivity index (χ0) is 16.9. The van der Waals surface area contributed by atoms with Crippen LogP contribution in [0.2, 0.25) is 0 Å². The van der Waals surface area contributed by atoms with Gasteiger partial charge in [-0.1, -0.05) is 35.9 Å². The van der Waals surface area contributed by atoms with Gasteiger partial charge in [0.2, 0.25) is 0 Å². The summed E-state index contributed by atoms with van der Waals surface area (Å²) in [5, 5.41) is 10.9. The van der Waals surface area contributed by atoms with Gasteiger partial charge in [-0.25, -0.2) is 0 Å². The Hall–Kier alpha value is -2.66. The van der Waals surface area contributed by atoms with Crippen LogP contribution in [0.25, 0.3) is 10.9 Å². The second-order valence-corrected chi connectivity index (χ2v) is 5.71. The first-order valence-corrected chi connectivity index (χ1v) is 8.06. The van der Waals surface area contributed by atoms with E-state index in [-0.39, 0.29) is 5.91 Å². The Balaban J connectivity index is 1.75. The zero-order valence-corrected chi connectivity index (χ0v) is 13.9. The van der Waals surface area contributed by atoms with Gasteiger partial charge in [-0.3, -0.25) is 9.89 Å². The summed E-state index contributed by atoms with van der Waals surface area (Å²) in [4.78, 5) is 12.5. The predicted octanol–water partition coefficient (Wildman–Crippen LogP) is 3.34. The van der Waals surface area contributed by atoms with E-state index in [1.54, 1.807) is 0 Å². The largest absolute Gasteiger partial charge is 0.377 e. The second-order valence-electron chi connectivity index (χ2n) is 5.71. The number of aromatic nitrogens is 2. The lowest BCUT2D eigenvalue weighted by Gasteiger charge is -2.10. The van der Waals surface area contributed by atoms with E-state index in [9.17, 15) is 4.79 Å². The molecule has 0 saturated heterocycles. The first kappa shape index (κ1) is 16.2. The van der Waals surface area contributed by atoms with Crippen LogP contribution < -0.4 is 5.32 Å². The maximum atomic E-state index is 12.5. The number of carbonyl (C=O) groups excluding carboxylic acids is 1. The number of nitrogens with one attached hydrogen (secondary N) is 2. The van der Waals surface area contributed by atoms with Crippen molar-refractivity contribution >= 4 is 16.8 Å². The molecular weight excluding hydrogens is 302 g/mol. The van der Waals surface area contributed by atoms with Crippen molar-refractivity contribution in [2.24, 2.45) is 0 Å². The number of hydrogen-bond acceptors (Lipinski definition) is 3. The fourth-order valence-corrected chi connectivity index (χ4v) is 2.64. The van der Waals surface area contributed by atoms with Crippen molar-refractivity contribution in [3.8, 4) is 0 Å². The van der Waals surface area contributed by atoms with Gasteiger partial charge >= 0.3 is 0 Å². The number of nitrogens with zero attached hydrogens (tertiary/aromatic N) is 1. The van der Waals surface area contributed by atoms with Gasteiger partial charge in [0, 0.05) is 18.5 Å². The van der Waals surface area contributed by atoms with Crippen molar-refractivity contribution in [2.75, 3.05) is 6.61 Å². The molecule has 1 heterocycles. The van der Waals surface area contributed by atoms with Crippen LogP contribution in [-0.4, -0.2) is 22.7 Å². The Morgan fingerprint density at radius 1 is 1.21 bits per heavy atom. The number of aryl methyl sites for hydroxylation is 1. The van der Waals surface area contributed by atoms with Gasteiger partial charge in [0.25, 0.3) is 5.91 Å². The normalized spacial score (nSPS) is 10.9. The first-order valence-electron chi connectivity index (χ1n) is 8.06. The van der Waals surface area contributed by atoms with Gasteiger partial charge in [0.1, 0.15) is 0 Å². The van der Waals surface area contributed by atoms with Crippen molar-refractivity contribution in [3.63, 3.8) is 0 Å². The average molecular weight is 323 g/mol. The standard InChI is InChI=1S/C19H21N3O2/c1-3-24-12-15-7-5-4-6-14(15)11-20-19(23)18-16-10-13(2)8-9-17(16)21-22-18/h4-10H,3,11-12H2,1-2H3,(H,20,23)(H,21,22). The summed E-state index contributed by atoms with van der Waals surface area (Å²) >= 11 is 0. The van der Waals surface area contributed by atoms with E-state index in [4.69, 9.17) is 4.74 Å². The molecule has 2 N–H and O–H groups in total. The third-order valence-corrected chi connectivity index (χ3v) is 3.95. The molecule has 0 unspecified atom stereocenters. The minimum absolute atomic E-state index is 0.182. The van der Waals surface area contributed by atoms with Crippen molar-refractivity contribution in [2.45, 2.75) is 27.0 Å². The summed E-state index contributed by atoms with van der Waals surface area (Å²) < 4.78 is 5.48. The molecule has 3 aromatic rings. The summed E-state index contributed by atoms with van der Waals surface area (Å²) in [7, 11) is 0. The van der Waals surface area contributed by atoms with Gasteiger partial charge in [0.05, 0.1) is 12.1 Å². The third kappa shape index (κ3) is 3.46. The number of hydrogen-bond donors (Lipinski definition) is 2. The number of carbonyl (C=O) groups is 1. The second kappa shape index (κ2) is 7.27. The van der Waals surface area contributed by atoms with Gasteiger partial charge < -0.3 is 10.1 Å². The third-order valence-electron chi connectivity index (χ3n) is 3.95. The molecule has 5 heteroatoms. The monoisotopic (exact) mass is 323 g/mol. The minimum Gasteiger partial charge on any atom is -0.377 e. The van der Waals surface area contributed by atoms with Crippen LogP contribution >= 0.6 is 0 Å². The molecule has 124 valence electrons. The molecule has 0 saturated carbocycles. The lowest BCUT2D eigenvalue weighted by molar-refractivity contribution is 0.0946. The number of amides is 1. The minimum atomic E-state index is -0.182. The summed E-state index contributed by atoms with van der Waals surface area (Å²) in [6.07, 6.45) is 0. The molecule has 0 aliphatic carbocycles. The molecule has 2 aromatic carbocycles. The van der Waals surface area contributed by atoms with E-state index in [0.717, 1.165) is 27.6 Å². The Labute approximate surface area is 141 Å². The number of rotatable bonds is 6. The zero-order valence-electron chi connectivity index (χ0n) is 13.9. The summed E-state index contributed by atoms with van der Waals surface area (Å²) in [5.74, 6) is -0.182. The van der Waals surface area contributed by atoms with Gasteiger partial charge in [0.15, 0.2) is 5.69 Å². The molecule has 0 spiro atoms. The van der Waals surface area contributed by atoms with Gasteiger partial charge in [-0.05, 0) is 37.1 Å². The van der Waals surface area contributed by atoms with E-state index in [0.29, 0.717) is 25.5 Å². The molecule has 1 aromatic heterocycles. The van der Waals surface area contributed by atoms with Crippen LogP contribution in [0.4, 0.5) is 0 Å². The highest BCUT2D eigenvalue weighted by Crippen LogP contribution is 2.18. The lowest BCUT2D eigenvalue weighted by atomic mass is 10.1. The van der Waals surface area contributed by atoms with Crippen molar-refractivity contribution in [1.29, 1.82) is 0 Å². The van der Waals surface area contributed by atoms with Crippen molar-refractivity contribution in [1.82, 2.24) is 15.5 Å². The highest BCUT2D eigenvalue weighted by atomic mass is 16.5. The Bertz CT molecular complexity index is 855. The summed E-state index contributed by atoms with van der Waals surface area (Å²) in [5.41, 5.74) is 4.52. The van der Waals surface area contributed by atoms with Gasteiger partial charge in [-0.2, -0.15) is 5.10 Å². The van der Waals surface area contributed by atoms with Crippen LogP contribution in [0.3, 0.4) is 0 Å². The predicted molar refractivity (Wildman–Crippen MR) is 93.8 cm³/mol. The van der Waals surface area contributed by atoms with Crippen molar-refractivity contribution in [3.05, 3.63) is 64.8 Å². The van der Waals surface area contributed by atoms with Crippen LogP contribution in [0.15, 0.2) is 42.5 Å². The fourth-order valence-electron chi connectivity index (χ4n) is 2.64. The lowest BCUT2D eigenvalue weighted by Crippen LogP contribution is -2.24. The number of benzene rings is 2. The van der Waals surface area contributed by atoms with E-state index < -0.39 is 0 Å². The smallest absolute Gasteiger partial charge is 0.272 e. The highest BCUT2D eigenvalue weighted by molar-refractivity contribution is 6.04. The Kier molecular flexibility index (Phi) is 4.91. The van der Waals surface area contributed by atoms with E-state index >= 15 is 0 Å². The molecule has 0 bridgehead atoms. The molecule has 0 aliphatic heterocycles. The first-order chi connectivity index (χ1) is 11.7. The molecular formula is C19H21N3O2. The Morgan fingerprint density at radius 3 is 2.79 bits per heavy atom. The molecule has 5 nitrogen and oxygen atoms in total. The highest BCUT2D eigenvalue weighted by Gasteiger charge is 2.14. The van der Waals surface area contributed by atoms with E-state index in [2.05, 4.69) is 15.5 Å². The fraction of sp³-hybridized carbons (Fsp3) is 0.263. The summed E-state index contributed by atoms with van der Waals surface area (Å²) in [6.45, 7) is 5.63. The van der Waals surface area contributed by atoms with Crippen LogP contribution in [-0.2, 0) is 17.9 Å². The van der Waals surface area contributed by atoms with Crippen LogP contribution in [0, 0.1) is 6.92 Å². The van der Waals surface area contributed by atoms with Crippen molar-refractivity contribution < 1.29 is 9.53 Å². The quantitative estimate of drug-likeness (QED) is 0.731. The maximum absolute atomic E-state index is 12.5. The molecule has 1 amide bonds.